The molecule has 0 saturated heterocycles. The molecular formula is C13H18N4O2. The lowest BCUT2D eigenvalue weighted by atomic mass is 10.2. The predicted molar refractivity (Wildman–Crippen MR) is 73.1 cm³/mol. The molecule has 1 N–H and O–H groups in total. The molecule has 0 aliphatic carbocycles. The number of amides is 1. The fourth-order valence-corrected chi connectivity index (χ4v) is 1.89. The van der Waals surface area contributed by atoms with E-state index in [2.05, 4.69) is 15.4 Å². The van der Waals surface area contributed by atoms with E-state index < -0.39 is 11.7 Å². The molecule has 0 spiro atoms. The van der Waals surface area contributed by atoms with Crippen LogP contribution in [0.3, 0.4) is 0 Å². The van der Waals surface area contributed by atoms with Crippen molar-refractivity contribution in [2.45, 2.75) is 33.3 Å². The van der Waals surface area contributed by atoms with Crippen LogP contribution in [-0.4, -0.2) is 26.5 Å². The van der Waals surface area contributed by atoms with Crippen LogP contribution < -0.4 is 5.32 Å². The standard InChI is InChI=1S/C13H18N4O2/c1-8-11-9(7-14-17(11)5)6-10(15-8)16-12(18)19-13(2,3)4/h6-7H,1-5H3,(H,15,16,18). The van der Waals surface area contributed by atoms with Crippen molar-refractivity contribution in [3.8, 4) is 0 Å². The van der Waals surface area contributed by atoms with Crippen molar-refractivity contribution in [1.82, 2.24) is 14.8 Å². The summed E-state index contributed by atoms with van der Waals surface area (Å²) in [4.78, 5) is 16.0. The fraction of sp³-hybridized carbons (Fsp3) is 0.462. The summed E-state index contributed by atoms with van der Waals surface area (Å²) >= 11 is 0. The highest BCUT2D eigenvalue weighted by molar-refractivity contribution is 5.89. The Morgan fingerprint density at radius 1 is 1.42 bits per heavy atom. The van der Waals surface area contributed by atoms with E-state index in [-0.39, 0.29) is 0 Å². The number of nitrogens with zero attached hydrogens (tertiary/aromatic N) is 3. The molecule has 2 heterocycles. The number of aromatic nitrogens is 3. The van der Waals surface area contributed by atoms with Crippen LogP contribution >= 0.6 is 0 Å². The molecule has 2 rings (SSSR count). The van der Waals surface area contributed by atoms with Crippen LogP contribution in [0.4, 0.5) is 10.6 Å². The maximum atomic E-state index is 11.7. The second kappa shape index (κ2) is 4.53. The van der Waals surface area contributed by atoms with E-state index in [1.807, 2.05) is 34.7 Å². The number of carbonyl (C=O) groups is 1. The van der Waals surface area contributed by atoms with E-state index in [4.69, 9.17) is 4.74 Å². The van der Waals surface area contributed by atoms with Gasteiger partial charge in [-0.05, 0) is 33.8 Å². The molecule has 0 bridgehead atoms. The van der Waals surface area contributed by atoms with E-state index in [0.29, 0.717) is 5.82 Å². The molecule has 0 saturated carbocycles. The minimum atomic E-state index is -0.530. The molecule has 6 heteroatoms. The molecule has 6 nitrogen and oxygen atoms in total. The third-order valence-corrected chi connectivity index (χ3v) is 2.52. The lowest BCUT2D eigenvalue weighted by molar-refractivity contribution is 0.0635. The third-order valence-electron chi connectivity index (χ3n) is 2.52. The Hall–Kier alpha value is -2.11. The number of carbonyl (C=O) groups excluding carboxylic acids is 1. The van der Waals surface area contributed by atoms with Crippen molar-refractivity contribution in [2.24, 2.45) is 7.05 Å². The van der Waals surface area contributed by atoms with Crippen molar-refractivity contribution in [1.29, 1.82) is 0 Å². The quantitative estimate of drug-likeness (QED) is 0.857. The largest absolute Gasteiger partial charge is 0.444 e. The van der Waals surface area contributed by atoms with Gasteiger partial charge in [-0.15, -0.1) is 0 Å². The number of pyridine rings is 1. The van der Waals surface area contributed by atoms with Gasteiger partial charge in [0.25, 0.3) is 0 Å². The Bertz CT molecular complexity index is 625. The van der Waals surface area contributed by atoms with Gasteiger partial charge in [-0.1, -0.05) is 0 Å². The van der Waals surface area contributed by atoms with Crippen LogP contribution in [0.2, 0.25) is 0 Å². The van der Waals surface area contributed by atoms with Gasteiger partial charge < -0.3 is 4.74 Å². The molecule has 0 aromatic carbocycles. The number of nitrogens with one attached hydrogen (secondary N) is 1. The SMILES string of the molecule is Cc1nc(NC(=O)OC(C)(C)C)cc2cnn(C)c12. The maximum absolute atomic E-state index is 11.7. The average Bonchev–Trinajstić information content (AvgIpc) is 2.57. The van der Waals surface area contributed by atoms with E-state index in [0.717, 1.165) is 16.6 Å². The summed E-state index contributed by atoms with van der Waals surface area (Å²) in [5.74, 6) is 0.465. The van der Waals surface area contributed by atoms with Gasteiger partial charge in [0.1, 0.15) is 11.4 Å². The summed E-state index contributed by atoms with van der Waals surface area (Å²) in [6.45, 7) is 7.32. The number of fused-ring (bicyclic) bond motifs is 1. The highest BCUT2D eigenvalue weighted by atomic mass is 16.6. The zero-order valence-corrected chi connectivity index (χ0v) is 11.8. The van der Waals surface area contributed by atoms with Crippen LogP contribution in [-0.2, 0) is 11.8 Å². The zero-order chi connectivity index (χ0) is 14.2. The Labute approximate surface area is 111 Å². The second-order valence-electron chi connectivity index (χ2n) is 5.43. The Kier molecular flexibility index (Phi) is 3.18. The van der Waals surface area contributed by atoms with Crippen LogP contribution in [0.25, 0.3) is 10.9 Å². The maximum Gasteiger partial charge on any atom is 0.413 e. The fourth-order valence-electron chi connectivity index (χ4n) is 1.89. The number of rotatable bonds is 1. The normalized spacial score (nSPS) is 11.6. The van der Waals surface area contributed by atoms with Crippen molar-refractivity contribution in [3.63, 3.8) is 0 Å². The van der Waals surface area contributed by atoms with Gasteiger partial charge in [0.2, 0.25) is 0 Å². The average molecular weight is 262 g/mol. The molecule has 102 valence electrons. The molecule has 0 unspecified atom stereocenters. The molecule has 0 aliphatic heterocycles. The molecule has 1 amide bonds. The molecular weight excluding hydrogens is 244 g/mol. The van der Waals surface area contributed by atoms with Crippen molar-refractivity contribution < 1.29 is 9.53 Å². The second-order valence-corrected chi connectivity index (χ2v) is 5.43. The minimum Gasteiger partial charge on any atom is -0.444 e. The first-order valence-electron chi connectivity index (χ1n) is 6.05. The number of hydrogen-bond acceptors (Lipinski definition) is 4. The lowest BCUT2D eigenvalue weighted by Crippen LogP contribution is -2.27. The number of anilines is 1. The van der Waals surface area contributed by atoms with Gasteiger partial charge >= 0.3 is 6.09 Å². The van der Waals surface area contributed by atoms with Crippen molar-refractivity contribution in [3.05, 3.63) is 18.0 Å². The molecule has 0 atom stereocenters. The van der Waals surface area contributed by atoms with Crippen LogP contribution in [0, 0.1) is 6.92 Å². The van der Waals surface area contributed by atoms with Crippen LogP contribution in [0.5, 0.6) is 0 Å². The van der Waals surface area contributed by atoms with Crippen LogP contribution in [0.1, 0.15) is 26.5 Å². The minimum absolute atomic E-state index is 0.465. The first-order chi connectivity index (χ1) is 8.76. The van der Waals surface area contributed by atoms with E-state index in [1.165, 1.54) is 0 Å². The lowest BCUT2D eigenvalue weighted by Gasteiger charge is -2.19. The molecule has 2 aromatic rings. The van der Waals surface area contributed by atoms with Gasteiger partial charge in [0.05, 0.1) is 17.4 Å². The highest BCUT2D eigenvalue weighted by Gasteiger charge is 2.17. The smallest absolute Gasteiger partial charge is 0.413 e. The Morgan fingerprint density at radius 2 is 2.11 bits per heavy atom. The third kappa shape index (κ3) is 3.01. The zero-order valence-electron chi connectivity index (χ0n) is 11.8. The van der Waals surface area contributed by atoms with Gasteiger partial charge in [0.15, 0.2) is 0 Å². The molecule has 0 radical (unpaired) electrons. The summed E-state index contributed by atoms with van der Waals surface area (Å²) in [5, 5.41) is 7.73. The molecule has 0 aliphatic rings. The molecule has 0 fully saturated rings. The number of aryl methyl sites for hydroxylation is 2. The summed E-state index contributed by atoms with van der Waals surface area (Å²) in [7, 11) is 1.86. The number of hydrogen-bond donors (Lipinski definition) is 1. The van der Waals surface area contributed by atoms with Crippen molar-refractivity contribution >= 4 is 22.8 Å². The van der Waals surface area contributed by atoms with Gasteiger partial charge in [-0.2, -0.15) is 5.10 Å². The summed E-state index contributed by atoms with van der Waals surface area (Å²) < 4.78 is 6.95. The van der Waals surface area contributed by atoms with E-state index >= 15 is 0 Å². The molecule has 19 heavy (non-hydrogen) atoms. The Morgan fingerprint density at radius 3 is 2.74 bits per heavy atom. The van der Waals surface area contributed by atoms with Crippen molar-refractivity contribution in [2.75, 3.05) is 5.32 Å². The Balaban J connectivity index is 2.25. The van der Waals surface area contributed by atoms with E-state index in [9.17, 15) is 4.79 Å². The van der Waals surface area contributed by atoms with Gasteiger partial charge in [-0.25, -0.2) is 9.78 Å². The number of ether oxygens (including phenoxy) is 1. The monoisotopic (exact) mass is 262 g/mol. The first kappa shape index (κ1) is 13.3. The summed E-state index contributed by atoms with van der Waals surface area (Å²) in [5.41, 5.74) is 1.23. The first-order valence-corrected chi connectivity index (χ1v) is 6.05. The molecule has 2 aromatic heterocycles. The summed E-state index contributed by atoms with van der Waals surface area (Å²) in [6.07, 6.45) is 1.23. The van der Waals surface area contributed by atoms with Crippen LogP contribution in [0.15, 0.2) is 12.3 Å². The highest BCUT2D eigenvalue weighted by Crippen LogP contribution is 2.20. The van der Waals surface area contributed by atoms with Gasteiger partial charge in [-0.3, -0.25) is 10.00 Å². The summed E-state index contributed by atoms with van der Waals surface area (Å²) in [6, 6.07) is 1.78. The van der Waals surface area contributed by atoms with E-state index in [1.54, 1.807) is 16.9 Å². The predicted octanol–water partition coefficient (Wildman–Crippen LogP) is 2.62. The topological polar surface area (TPSA) is 69.0 Å². The van der Waals surface area contributed by atoms with Gasteiger partial charge in [0, 0.05) is 12.4 Å².